The second-order valence-corrected chi connectivity index (χ2v) is 5.39. The molecule has 1 aromatic carbocycles. The number of carbonyl (C=O) groups excluding carboxylic acids is 1. The number of morpholine rings is 1. The highest BCUT2D eigenvalue weighted by Gasteiger charge is 2.17. The average Bonchev–Trinajstić information content (AvgIpc) is 2.39. The molecule has 1 fully saturated rings. The minimum Gasteiger partial charge on any atom is -0.375 e. The van der Waals surface area contributed by atoms with Crippen molar-refractivity contribution in [3.63, 3.8) is 0 Å². The highest BCUT2D eigenvalue weighted by atomic mass is 35.5. The normalized spacial score (nSPS) is 17.3. The maximum absolute atomic E-state index is 12.0. The van der Waals surface area contributed by atoms with E-state index in [0.29, 0.717) is 13.0 Å². The number of halogens is 2. The van der Waals surface area contributed by atoms with E-state index >= 15 is 0 Å². The van der Waals surface area contributed by atoms with E-state index in [0.717, 1.165) is 25.3 Å². The van der Waals surface area contributed by atoms with Gasteiger partial charge in [-0.25, -0.2) is 0 Å². The molecule has 7 heteroatoms. The molecule has 0 radical (unpaired) electrons. The van der Waals surface area contributed by atoms with Crippen LogP contribution in [-0.4, -0.2) is 50.7 Å². The van der Waals surface area contributed by atoms with Crippen LogP contribution in [0.25, 0.3) is 0 Å². The smallest absolute Gasteiger partial charge is 0.227 e. The Labute approximate surface area is 144 Å². The second-order valence-electron chi connectivity index (χ2n) is 5.39. The summed E-state index contributed by atoms with van der Waals surface area (Å²) in [5, 5.41) is 6.16. The van der Waals surface area contributed by atoms with Crippen molar-refractivity contribution in [1.29, 1.82) is 0 Å². The quantitative estimate of drug-likeness (QED) is 0.852. The molecule has 1 unspecified atom stereocenters. The van der Waals surface area contributed by atoms with E-state index < -0.39 is 0 Å². The van der Waals surface area contributed by atoms with Crippen molar-refractivity contribution in [2.75, 3.05) is 39.1 Å². The van der Waals surface area contributed by atoms with Gasteiger partial charge in [0.2, 0.25) is 5.91 Å². The summed E-state index contributed by atoms with van der Waals surface area (Å²) in [7, 11) is 4.05. The van der Waals surface area contributed by atoms with Gasteiger partial charge in [-0.15, -0.1) is 24.8 Å². The van der Waals surface area contributed by atoms with Crippen LogP contribution in [0.4, 0.5) is 5.69 Å². The van der Waals surface area contributed by atoms with E-state index in [4.69, 9.17) is 4.74 Å². The Bertz CT molecular complexity index is 452. The van der Waals surface area contributed by atoms with Gasteiger partial charge < -0.3 is 20.3 Å². The van der Waals surface area contributed by atoms with Crippen molar-refractivity contribution < 1.29 is 9.53 Å². The molecule has 126 valence electrons. The van der Waals surface area contributed by atoms with E-state index in [2.05, 4.69) is 21.6 Å². The summed E-state index contributed by atoms with van der Waals surface area (Å²) in [6, 6.07) is 7.95. The summed E-state index contributed by atoms with van der Waals surface area (Å²) in [6.07, 6.45) is 0.374. The first-order valence-corrected chi connectivity index (χ1v) is 6.99. The topological polar surface area (TPSA) is 53.6 Å². The molecule has 0 spiro atoms. The van der Waals surface area contributed by atoms with Crippen LogP contribution in [0.15, 0.2) is 24.3 Å². The van der Waals surface area contributed by atoms with Gasteiger partial charge in [0.05, 0.1) is 19.1 Å². The van der Waals surface area contributed by atoms with Gasteiger partial charge in [-0.3, -0.25) is 4.79 Å². The molecule has 2 N–H and O–H groups in total. The Hall–Kier alpha value is -0.850. The Morgan fingerprint density at radius 1 is 1.41 bits per heavy atom. The number of hydrogen-bond acceptors (Lipinski definition) is 4. The lowest BCUT2D eigenvalue weighted by atomic mass is 10.1. The molecule has 1 aliphatic rings. The summed E-state index contributed by atoms with van der Waals surface area (Å²) in [4.78, 5) is 14.1. The summed E-state index contributed by atoms with van der Waals surface area (Å²) in [5.41, 5.74) is 2.03. The highest BCUT2D eigenvalue weighted by Crippen LogP contribution is 2.13. The van der Waals surface area contributed by atoms with Crippen molar-refractivity contribution >= 4 is 36.4 Å². The fourth-order valence-corrected chi connectivity index (χ4v) is 2.28. The molecule has 1 aromatic rings. The standard InChI is InChI=1S/C15H23N3O2.2ClH/c1-18(2)11-12-4-3-5-13(8-12)17-15(19)9-14-10-16-6-7-20-14;;/h3-5,8,14,16H,6-7,9-11H2,1-2H3,(H,17,19);2*1H. The number of nitrogens with zero attached hydrogens (tertiary/aromatic N) is 1. The van der Waals surface area contributed by atoms with Gasteiger partial charge in [-0.1, -0.05) is 12.1 Å². The molecule has 1 aliphatic heterocycles. The third-order valence-electron chi connectivity index (χ3n) is 3.13. The molecule has 0 aromatic heterocycles. The third-order valence-corrected chi connectivity index (χ3v) is 3.13. The summed E-state index contributed by atoms with van der Waals surface area (Å²) in [6.45, 7) is 3.15. The first-order valence-electron chi connectivity index (χ1n) is 6.99. The number of anilines is 1. The van der Waals surface area contributed by atoms with E-state index in [1.807, 2.05) is 32.3 Å². The van der Waals surface area contributed by atoms with Gasteiger partial charge in [0.25, 0.3) is 0 Å². The number of benzene rings is 1. The van der Waals surface area contributed by atoms with E-state index in [1.165, 1.54) is 5.56 Å². The molecule has 22 heavy (non-hydrogen) atoms. The molecule has 1 atom stereocenters. The Kier molecular flexibility index (Phi) is 10.4. The van der Waals surface area contributed by atoms with Crippen molar-refractivity contribution in [2.45, 2.75) is 19.1 Å². The summed E-state index contributed by atoms with van der Waals surface area (Å²) >= 11 is 0. The van der Waals surface area contributed by atoms with Crippen LogP contribution in [0.2, 0.25) is 0 Å². The van der Waals surface area contributed by atoms with Crippen LogP contribution in [0.1, 0.15) is 12.0 Å². The van der Waals surface area contributed by atoms with Crippen LogP contribution in [0, 0.1) is 0 Å². The molecule has 1 saturated heterocycles. The van der Waals surface area contributed by atoms with Crippen molar-refractivity contribution in [3.8, 4) is 0 Å². The van der Waals surface area contributed by atoms with Crippen LogP contribution in [0.5, 0.6) is 0 Å². The third kappa shape index (κ3) is 7.42. The zero-order chi connectivity index (χ0) is 14.4. The predicted molar refractivity (Wildman–Crippen MR) is 94.2 cm³/mol. The lowest BCUT2D eigenvalue weighted by molar-refractivity contribution is -0.119. The number of amides is 1. The van der Waals surface area contributed by atoms with Crippen LogP contribution in [0.3, 0.4) is 0 Å². The molecule has 0 saturated carbocycles. The van der Waals surface area contributed by atoms with Gasteiger partial charge in [0.1, 0.15) is 0 Å². The molecule has 5 nitrogen and oxygen atoms in total. The largest absolute Gasteiger partial charge is 0.375 e. The van der Waals surface area contributed by atoms with Crippen LogP contribution >= 0.6 is 24.8 Å². The minimum absolute atomic E-state index is 0. The number of rotatable bonds is 5. The van der Waals surface area contributed by atoms with Gasteiger partial charge >= 0.3 is 0 Å². The first kappa shape index (κ1) is 21.1. The van der Waals surface area contributed by atoms with Gasteiger partial charge in [0.15, 0.2) is 0 Å². The molecule has 2 rings (SSSR count). The Balaban J connectivity index is 0.00000220. The van der Waals surface area contributed by atoms with Gasteiger partial charge in [-0.2, -0.15) is 0 Å². The van der Waals surface area contributed by atoms with Crippen molar-refractivity contribution in [3.05, 3.63) is 29.8 Å². The van der Waals surface area contributed by atoms with E-state index in [1.54, 1.807) is 0 Å². The zero-order valence-electron chi connectivity index (χ0n) is 13.0. The fraction of sp³-hybridized carbons (Fsp3) is 0.533. The number of ether oxygens (including phenoxy) is 1. The van der Waals surface area contributed by atoms with E-state index in [9.17, 15) is 4.79 Å². The second kappa shape index (κ2) is 10.8. The van der Waals surface area contributed by atoms with Crippen molar-refractivity contribution in [1.82, 2.24) is 10.2 Å². The maximum atomic E-state index is 12.0. The maximum Gasteiger partial charge on any atom is 0.227 e. The number of carbonyl (C=O) groups is 1. The molecular weight excluding hydrogens is 325 g/mol. The lowest BCUT2D eigenvalue weighted by Crippen LogP contribution is -2.40. The Morgan fingerprint density at radius 2 is 2.18 bits per heavy atom. The van der Waals surface area contributed by atoms with Crippen LogP contribution < -0.4 is 10.6 Å². The molecule has 1 heterocycles. The van der Waals surface area contributed by atoms with Gasteiger partial charge in [-0.05, 0) is 31.8 Å². The minimum atomic E-state index is -0.0197. The molecule has 0 aliphatic carbocycles. The average molecular weight is 350 g/mol. The molecular formula is C15H25Cl2N3O2. The summed E-state index contributed by atoms with van der Waals surface area (Å²) in [5.74, 6) is 0.000651. The SMILES string of the molecule is CN(C)Cc1cccc(NC(=O)CC2CNCCO2)c1.Cl.Cl. The predicted octanol–water partition coefficient (Wildman–Crippen LogP) is 1.91. The van der Waals surface area contributed by atoms with Crippen LogP contribution in [-0.2, 0) is 16.1 Å². The van der Waals surface area contributed by atoms with E-state index in [-0.39, 0.29) is 36.8 Å². The first-order chi connectivity index (χ1) is 9.63. The number of nitrogens with one attached hydrogen (secondary N) is 2. The molecule has 1 amide bonds. The zero-order valence-corrected chi connectivity index (χ0v) is 14.6. The van der Waals surface area contributed by atoms with Gasteiger partial charge in [0, 0.05) is 25.3 Å². The Morgan fingerprint density at radius 3 is 2.82 bits per heavy atom. The summed E-state index contributed by atoms with van der Waals surface area (Å²) < 4.78 is 5.53. The number of hydrogen-bond donors (Lipinski definition) is 2. The molecule has 0 bridgehead atoms. The van der Waals surface area contributed by atoms with Crippen molar-refractivity contribution in [2.24, 2.45) is 0 Å². The fourth-order valence-electron chi connectivity index (χ4n) is 2.28. The lowest BCUT2D eigenvalue weighted by Gasteiger charge is -2.23. The monoisotopic (exact) mass is 349 g/mol. The highest BCUT2D eigenvalue weighted by molar-refractivity contribution is 5.91.